The summed E-state index contributed by atoms with van der Waals surface area (Å²) >= 11 is 0. The summed E-state index contributed by atoms with van der Waals surface area (Å²) in [4.78, 5) is 23.8. The Kier molecular flexibility index (Phi) is 8.37. The number of carboxylic acid groups (broad SMARTS) is 1. The minimum Gasteiger partial charge on any atom is -0.481 e. The van der Waals surface area contributed by atoms with Gasteiger partial charge in [0.15, 0.2) is 0 Å². The highest BCUT2D eigenvalue weighted by Crippen LogP contribution is 2.41. The summed E-state index contributed by atoms with van der Waals surface area (Å²) in [5.74, 6) is -1.10. The number of esters is 1. The molecule has 0 unspecified atom stereocenters. The molecule has 0 bridgehead atoms. The van der Waals surface area contributed by atoms with Crippen molar-refractivity contribution >= 4 is 11.9 Å². The van der Waals surface area contributed by atoms with E-state index in [1.165, 1.54) is 12.0 Å². The van der Waals surface area contributed by atoms with Crippen LogP contribution in [0.2, 0.25) is 0 Å². The van der Waals surface area contributed by atoms with Gasteiger partial charge in [-0.05, 0) is 18.3 Å². The molecule has 0 radical (unpaired) electrons. The second-order valence-corrected chi connectivity index (χ2v) is 4.83. The van der Waals surface area contributed by atoms with Crippen LogP contribution in [0.3, 0.4) is 0 Å². The van der Waals surface area contributed by atoms with Gasteiger partial charge in [0, 0.05) is 0 Å². The zero-order valence-electron chi connectivity index (χ0n) is 11.2. The Morgan fingerprint density at radius 3 is 2.00 bits per heavy atom. The van der Waals surface area contributed by atoms with E-state index in [0.29, 0.717) is 0 Å². The summed E-state index contributed by atoms with van der Waals surface area (Å²) in [6.07, 6.45) is 6.31. The lowest BCUT2D eigenvalue weighted by molar-refractivity contribution is -0.146. The average Bonchev–Trinajstić information content (AvgIpc) is 2.55. The van der Waals surface area contributed by atoms with Crippen molar-refractivity contribution in [3.8, 4) is 0 Å². The van der Waals surface area contributed by atoms with Crippen molar-refractivity contribution in [3.05, 3.63) is 16.0 Å². The Bertz CT molecular complexity index is 330. The van der Waals surface area contributed by atoms with E-state index in [1.807, 2.05) is 0 Å². The zero-order chi connectivity index (χ0) is 14.7. The Morgan fingerprint density at radius 2 is 1.63 bits per heavy atom. The van der Waals surface area contributed by atoms with Gasteiger partial charge in [-0.25, -0.2) is 0 Å². The minimum absolute atomic E-state index is 0.0854. The highest BCUT2D eigenvalue weighted by molar-refractivity contribution is 5.73. The van der Waals surface area contributed by atoms with Crippen molar-refractivity contribution in [2.75, 3.05) is 7.11 Å². The summed E-state index contributed by atoms with van der Waals surface area (Å²) in [7, 11) is 1.35. The van der Waals surface area contributed by atoms with Crippen LogP contribution in [0.5, 0.6) is 0 Å². The van der Waals surface area contributed by atoms with Gasteiger partial charge in [0.25, 0.3) is 0 Å². The molecule has 0 heterocycles. The summed E-state index contributed by atoms with van der Waals surface area (Å²) in [6.45, 7) is 0. The van der Waals surface area contributed by atoms with Gasteiger partial charge in [-0.1, -0.05) is 25.7 Å². The van der Waals surface area contributed by atoms with E-state index < -0.39 is 5.97 Å². The van der Waals surface area contributed by atoms with Gasteiger partial charge in [-0.3, -0.25) is 14.5 Å². The van der Waals surface area contributed by atoms with Gasteiger partial charge in [-0.15, -0.1) is 0 Å². The van der Waals surface area contributed by atoms with Crippen LogP contribution < -0.4 is 0 Å². The number of aliphatic carboxylic acids is 1. The number of carboxylic acids is 1. The number of methoxy groups -OCH3 is 1. The molecule has 1 fully saturated rings. The molecule has 0 aromatic rings. The molecule has 7 nitrogen and oxygen atoms in total. The van der Waals surface area contributed by atoms with Crippen LogP contribution in [0.1, 0.15) is 51.4 Å². The van der Waals surface area contributed by atoms with Crippen LogP contribution in [0.15, 0.2) is 0 Å². The van der Waals surface area contributed by atoms with Gasteiger partial charge < -0.3 is 20.9 Å². The fourth-order valence-electron chi connectivity index (χ4n) is 2.59. The molecular formula is C12H20N3O4-. The molecule has 0 aromatic heterocycles. The maximum absolute atomic E-state index is 11.4. The molecule has 0 aromatic carbocycles. The first-order valence-corrected chi connectivity index (χ1v) is 6.27. The molecule has 1 saturated carbocycles. The maximum atomic E-state index is 11.4. The highest BCUT2D eigenvalue weighted by atomic mass is 16.5. The molecule has 1 aliphatic carbocycles. The average molecular weight is 270 g/mol. The summed E-state index contributed by atoms with van der Waals surface area (Å²) < 4.78 is 4.67. The van der Waals surface area contributed by atoms with Crippen molar-refractivity contribution in [1.82, 2.24) is 0 Å². The van der Waals surface area contributed by atoms with Crippen LogP contribution in [-0.4, -0.2) is 24.2 Å². The maximum Gasteiger partial charge on any atom is 0.306 e. The number of hydrogen-bond acceptors (Lipinski definition) is 3. The van der Waals surface area contributed by atoms with Gasteiger partial charge in [0.1, 0.15) is 0 Å². The van der Waals surface area contributed by atoms with Crippen molar-refractivity contribution in [1.29, 1.82) is 0 Å². The van der Waals surface area contributed by atoms with Crippen molar-refractivity contribution in [2.24, 2.45) is 5.41 Å². The lowest BCUT2D eigenvalue weighted by Crippen LogP contribution is -2.27. The third-order valence-electron chi connectivity index (χ3n) is 3.44. The predicted molar refractivity (Wildman–Crippen MR) is 69.1 cm³/mol. The summed E-state index contributed by atoms with van der Waals surface area (Å²) in [6, 6.07) is 0. The smallest absolute Gasteiger partial charge is 0.306 e. The van der Waals surface area contributed by atoms with Crippen LogP contribution in [0.25, 0.3) is 16.0 Å². The van der Waals surface area contributed by atoms with Crippen LogP contribution in [0, 0.1) is 5.41 Å². The number of ether oxygens (including phenoxy) is 1. The molecule has 0 spiro atoms. The highest BCUT2D eigenvalue weighted by Gasteiger charge is 2.35. The van der Waals surface area contributed by atoms with Crippen molar-refractivity contribution in [3.63, 3.8) is 0 Å². The van der Waals surface area contributed by atoms with Crippen LogP contribution in [0.4, 0.5) is 0 Å². The number of rotatable bonds is 4. The summed E-state index contributed by atoms with van der Waals surface area (Å²) in [5.41, 5.74) is 13.1. The lowest BCUT2D eigenvalue weighted by atomic mass is 9.75. The third-order valence-corrected chi connectivity index (χ3v) is 3.44. The van der Waals surface area contributed by atoms with E-state index in [1.54, 1.807) is 0 Å². The van der Waals surface area contributed by atoms with E-state index in [0.717, 1.165) is 38.5 Å². The molecule has 0 amide bonds. The van der Waals surface area contributed by atoms with E-state index in [2.05, 4.69) is 4.74 Å². The minimum atomic E-state index is -0.814. The van der Waals surface area contributed by atoms with Gasteiger partial charge in [0.2, 0.25) is 0 Å². The molecule has 1 rings (SSSR count). The number of carbonyl (C=O) groups is 2. The molecule has 0 aliphatic heterocycles. The molecular weight excluding hydrogens is 250 g/mol. The molecule has 7 heteroatoms. The van der Waals surface area contributed by atoms with Crippen LogP contribution in [-0.2, 0) is 14.3 Å². The number of carbonyl (C=O) groups excluding carboxylic acids is 1. The van der Waals surface area contributed by atoms with Crippen LogP contribution >= 0.6 is 0 Å². The molecule has 1 N–H and O–H groups in total. The first kappa shape index (κ1) is 17.2. The fraction of sp³-hybridized carbons (Fsp3) is 0.833. The first-order valence-electron chi connectivity index (χ1n) is 6.27. The summed E-state index contributed by atoms with van der Waals surface area (Å²) in [5, 5.41) is 8.96. The fourth-order valence-corrected chi connectivity index (χ4v) is 2.59. The topological polar surface area (TPSA) is 122 Å². The normalized spacial score (nSPS) is 17.1. The predicted octanol–water partition coefficient (Wildman–Crippen LogP) is 3.23. The van der Waals surface area contributed by atoms with Gasteiger partial charge in [0.05, 0.1) is 20.0 Å². The molecule has 0 saturated heterocycles. The van der Waals surface area contributed by atoms with Gasteiger partial charge >= 0.3 is 11.9 Å². The van der Waals surface area contributed by atoms with Crippen molar-refractivity contribution < 1.29 is 19.4 Å². The van der Waals surface area contributed by atoms with E-state index in [-0.39, 0.29) is 24.2 Å². The quantitative estimate of drug-likeness (QED) is 0.277. The number of nitrogens with zero attached hydrogens (tertiary/aromatic N) is 3. The van der Waals surface area contributed by atoms with Gasteiger partial charge in [-0.2, -0.15) is 0 Å². The Labute approximate surface area is 112 Å². The van der Waals surface area contributed by atoms with E-state index >= 15 is 0 Å². The number of hydrogen-bond donors (Lipinski definition) is 1. The Hall–Kier alpha value is -1.75. The first-order chi connectivity index (χ1) is 8.99. The van der Waals surface area contributed by atoms with Crippen molar-refractivity contribution in [2.45, 2.75) is 51.4 Å². The Balaban J connectivity index is 0.000000982. The SMILES string of the molecule is COC(=O)CC1(CC(=O)O)CCCCCC1.[N-]=[N+]=[N-]. The monoisotopic (exact) mass is 270 g/mol. The second-order valence-electron chi connectivity index (χ2n) is 4.83. The zero-order valence-corrected chi connectivity index (χ0v) is 11.2. The largest absolute Gasteiger partial charge is 0.481 e. The Morgan fingerprint density at radius 1 is 1.16 bits per heavy atom. The molecule has 0 atom stereocenters. The third kappa shape index (κ3) is 7.31. The molecule has 1 aliphatic rings. The standard InChI is InChI=1S/C12H20O4.N3/c1-16-11(15)9-12(8-10(13)14)6-4-2-3-5-7-12;1-3-2/h2-9H2,1H3,(H,13,14);/q;-1. The molecule has 108 valence electrons. The lowest BCUT2D eigenvalue weighted by Gasteiger charge is -2.29. The van der Waals surface area contributed by atoms with E-state index in [4.69, 9.17) is 16.2 Å². The molecule has 19 heavy (non-hydrogen) atoms. The van der Waals surface area contributed by atoms with E-state index in [9.17, 15) is 9.59 Å². The second kappa shape index (κ2) is 9.22.